The third-order valence-electron chi connectivity index (χ3n) is 3.95. The molecule has 1 fully saturated rings. The molecule has 1 aromatic rings. The fraction of sp³-hybridized carbons (Fsp3) is 0.667. The highest BCUT2D eigenvalue weighted by Gasteiger charge is 2.19. The topological polar surface area (TPSA) is 66.3 Å². The number of aliphatic hydroxyl groups excluding tert-OH is 1. The summed E-state index contributed by atoms with van der Waals surface area (Å²) in [6.07, 6.45) is 4.85. The number of hydrogen-bond acceptors (Lipinski definition) is 3. The van der Waals surface area contributed by atoms with E-state index in [0.29, 0.717) is 18.5 Å². The summed E-state index contributed by atoms with van der Waals surface area (Å²) in [5.74, 6) is 0.282. The summed E-state index contributed by atoms with van der Waals surface area (Å²) in [4.78, 5) is 12.3. The Hall–Kier alpha value is -1.33. The molecule has 1 aliphatic rings. The second-order valence-electron chi connectivity index (χ2n) is 5.61. The number of carbonyl (C=O) groups is 1. The van der Waals surface area contributed by atoms with Gasteiger partial charge in [0.25, 0.3) is 5.91 Å². The lowest BCUT2D eigenvalue weighted by molar-refractivity contribution is 0.0932. The van der Waals surface area contributed by atoms with Crippen LogP contribution in [0.4, 0.5) is 0 Å². The van der Waals surface area contributed by atoms with E-state index in [2.05, 4.69) is 15.2 Å². The first-order valence-electron chi connectivity index (χ1n) is 7.49. The lowest BCUT2D eigenvalue weighted by Crippen LogP contribution is -2.33. The predicted octanol–water partition coefficient (Wildman–Crippen LogP) is 1.16. The molecular formula is C15H25N3O2. The summed E-state index contributed by atoms with van der Waals surface area (Å²) >= 11 is 0. The molecule has 0 bridgehead atoms. The Balaban J connectivity index is 1.94. The van der Waals surface area contributed by atoms with Crippen molar-refractivity contribution in [3.05, 3.63) is 24.0 Å². The number of hydrogen-bond donors (Lipinski definition) is 3. The Bertz CT molecular complexity index is 425. The highest BCUT2D eigenvalue weighted by molar-refractivity contribution is 5.92. The summed E-state index contributed by atoms with van der Waals surface area (Å²) in [6.45, 7) is 4.83. The van der Waals surface area contributed by atoms with Crippen LogP contribution >= 0.6 is 0 Å². The van der Waals surface area contributed by atoms with Crippen LogP contribution in [0.25, 0.3) is 0 Å². The van der Waals surface area contributed by atoms with E-state index in [1.807, 2.05) is 25.3 Å². The van der Waals surface area contributed by atoms with Crippen molar-refractivity contribution in [2.24, 2.45) is 5.92 Å². The van der Waals surface area contributed by atoms with Crippen LogP contribution < -0.4 is 10.6 Å². The molecule has 5 heteroatoms. The molecule has 2 heterocycles. The molecule has 0 saturated carbocycles. The minimum absolute atomic E-state index is 0.0154. The first-order valence-corrected chi connectivity index (χ1v) is 7.49. The quantitative estimate of drug-likeness (QED) is 0.732. The van der Waals surface area contributed by atoms with Gasteiger partial charge in [-0.2, -0.15) is 0 Å². The molecule has 112 valence electrons. The van der Waals surface area contributed by atoms with Gasteiger partial charge in [-0.05, 0) is 50.4 Å². The second kappa shape index (κ2) is 7.45. The van der Waals surface area contributed by atoms with E-state index in [0.717, 1.165) is 38.0 Å². The van der Waals surface area contributed by atoms with Crippen LogP contribution in [0.15, 0.2) is 18.3 Å². The minimum atomic E-state index is -0.0154. The standard InChI is InChI=1S/C15H25N3O2/c1-12(6-10-19)11-17-15(20)14-3-2-9-18(14)13-4-7-16-8-5-13/h2-3,9,12-13,16,19H,4-8,10-11H2,1H3,(H,17,20). The molecule has 0 aromatic carbocycles. The lowest BCUT2D eigenvalue weighted by atomic mass is 10.1. The van der Waals surface area contributed by atoms with Crippen molar-refractivity contribution in [2.45, 2.75) is 32.2 Å². The second-order valence-corrected chi connectivity index (χ2v) is 5.61. The normalized spacial score (nSPS) is 17.9. The van der Waals surface area contributed by atoms with Gasteiger partial charge in [-0.15, -0.1) is 0 Å². The smallest absolute Gasteiger partial charge is 0.267 e. The van der Waals surface area contributed by atoms with Crippen molar-refractivity contribution in [2.75, 3.05) is 26.2 Å². The van der Waals surface area contributed by atoms with Gasteiger partial charge in [-0.25, -0.2) is 0 Å². The first kappa shape index (κ1) is 15.1. The van der Waals surface area contributed by atoms with Crippen molar-refractivity contribution in [1.82, 2.24) is 15.2 Å². The van der Waals surface area contributed by atoms with Crippen LogP contribution in [0.3, 0.4) is 0 Å². The third-order valence-corrected chi connectivity index (χ3v) is 3.95. The molecule has 20 heavy (non-hydrogen) atoms. The van der Waals surface area contributed by atoms with Crippen LogP contribution in [-0.2, 0) is 0 Å². The Morgan fingerprint density at radius 1 is 1.55 bits per heavy atom. The van der Waals surface area contributed by atoms with E-state index in [-0.39, 0.29) is 12.5 Å². The van der Waals surface area contributed by atoms with E-state index in [9.17, 15) is 4.79 Å². The zero-order valence-corrected chi connectivity index (χ0v) is 12.1. The fourth-order valence-corrected chi connectivity index (χ4v) is 2.67. The number of aromatic nitrogens is 1. The zero-order chi connectivity index (χ0) is 14.4. The molecule has 5 nitrogen and oxygen atoms in total. The maximum Gasteiger partial charge on any atom is 0.267 e. The fourth-order valence-electron chi connectivity index (χ4n) is 2.67. The van der Waals surface area contributed by atoms with E-state index in [1.165, 1.54) is 0 Å². The molecule has 1 saturated heterocycles. The van der Waals surface area contributed by atoms with Crippen molar-refractivity contribution >= 4 is 5.91 Å². The van der Waals surface area contributed by atoms with Gasteiger partial charge in [-0.3, -0.25) is 4.79 Å². The van der Waals surface area contributed by atoms with Crippen LogP contribution in [0.1, 0.15) is 42.7 Å². The Morgan fingerprint density at radius 3 is 3.00 bits per heavy atom. The van der Waals surface area contributed by atoms with E-state index < -0.39 is 0 Å². The van der Waals surface area contributed by atoms with Crippen LogP contribution in [-0.4, -0.2) is 41.8 Å². The molecule has 0 aliphatic carbocycles. The van der Waals surface area contributed by atoms with E-state index in [1.54, 1.807) is 0 Å². The number of nitrogens with one attached hydrogen (secondary N) is 2. The molecule has 1 aliphatic heterocycles. The maximum atomic E-state index is 12.3. The summed E-state index contributed by atoms with van der Waals surface area (Å²) < 4.78 is 2.10. The molecule has 0 radical (unpaired) electrons. The Kier molecular flexibility index (Phi) is 5.61. The lowest BCUT2D eigenvalue weighted by Gasteiger charge is -2.26. The summed E-state index contributed by atoms with van der Waals surface area (Å²) in [6, 6.07) is 4.24. The number of amides is 1. The molecule has 1 amide bonds. The molecule has 1 aromatic heterocycles. The monoisotopic (exact) mass is 279 g/mol. The van der Waals surface area contributed by atoms with E-state index >= 15 is 0 Å². The molecule has 1 atom stereocenters. The molecule has 0 spiro atoms. The Labute approximate surface area is 120 Å². The number of nitrogens with zero attached hydrogens (tertiary/aromatic N) is 1. The minimum Gasteiger partial charge on any atom is -0.396 e. The molecular weight excluding hydrogens is 254 g/mol. The van der Waals surface area contributed by atoms with Gasteiger partial charge in [0.1, 0.15) is 5.69 Å². The van der Waals surface area contributed by atoms with Gasteiger partial charge in [0.05, 0.1) is 0 Å². The van der Waals surface area contributed by atoms with Crippen LogP contribution in [0.2, 0.25) is 0 Å². The highest BCUT2D eigenvalue weighted by Crippen LogP contribution is 2.21. The number of carbonyl (C=O) groups excluding carboxylic acids is 1. The average Bonchev–Trinajstić information content (AvgIpc) is 2.95. The molecule has 1 unspecified atom stereocenters. The van der Waals surface area contributed by atoms with Gasteiger partial charge in [0, 0.05) is 25.4 Å². The zero-order valence-electron chi connectivity index (χ0n) is 12.1. The van der Waals surface area contributed by atoms with Gasteiger partial charge in [0.2, 0.25) is 0 Å². The van der Waals surface area contributed by atoms with Gasteiger partial charge in [0.15, 0.2) is 0 Å². The van der Waals surface area contributed by atoms with Crippen molar-refractivity contribution in [3.8, 4) is 0 Å². The third kappa shape index (κ3) is 3.84. The van der Waals surface area contributed by atoms with Gasteiger partial charge in [-0.1, -0.05) is 6.92 Å². The number of rotatable bonds is 6. The summed E-state index contributed by atoms with van der Waals surface area (Å²) in [7, 11) is 0. The SMILES string of the molecule is CC(CCO)CNC(=O)c1cccn1C1CCNCC1. The van der Waals surface area contributed by atoms with Gasteiger partial charge >= 0.3 is 0 Å². The largest absolute Gasteiger partial charge is 0.396 e. The van der Waals surface area contributed by atoms with Crippen LogP contribution in [0.5, 0.6) is 0 Å². The number of aliphatic hydroxyl groups is 1. The predicted molar refractivity (Wildman–Crippen MR) is 78.8 cm³/mol. The first-order chi connectivity index (χ1) is 9.72. The Morgan fingerprint density at radius 2 is 2.30 bits per heavy atom. The van der Waals surface area contributed by atoms with Crippen molar-refractivity contribution < 1.29 is 9.90 Å². The van der Waals surface area contributed by atoms with Gasteiger partial charge < -0.3 is 20.3 Å². The van der Waals surface area contributed by atoms with E-state index in [4.69, 9.17) is 5.11 Å². The summed E-state index contributed by atoms with van der Waals surface area (Å²) in [5, 5.41) is 15.2. The van der Waals surface area contributed by atoms with Crippen molar-refractivity contribution in [3.63, 3.8) is 0 Å². The number of piperidine rings is 1. The highest BCUT2D eigenvalue weighted by atomic mass is 16.3. The van der Waals surface area contributed by atoms with Crippen molar-refractivity contribution in [1.29, 1.82) is 0 Å². The summed E-state index contributed by atoms with van der Waals surface area (Å²) in [5.41, 5.74) is 0.744. The van der Waals surface area contributed by atoms with Crippen LogP contribution in [0, 0.1) is 5.92 Å². The molecule has 2 rings (SSSR count). The molecule has 3 N–H and O–H groups in total. The maximum absolute atomic E-state index is 12.3. The average molecular weight is 279 g/mol.